The zero-order chi connectivity index (χ0) is 14.5. The summed E-state index contributed by atoms with van der Waals surface area (Å²) in [5.41, 5.74) is 2.63. The fraction of sp³-hybridized carbons (Fsp3) is 0.765. The summed E-state index contributed by atoms with van der Waals surface area (Å²) in [6.45, 7) is 0. The quantitative estimate of drug-likeness (QED) is 0.852. The molecule has 1 heterocycles. The van der Waals surface area contributed by atoms with Crippen LogP contribution in [-0.4, -0.2) is 22.3 Å². The van der Waals surface area contributed by atoms with E-state index in [1.807, 2.05) is 7.05 Å². The normalized spacial score (nSPS) is 23.6. The van der Waals surface area contributed by atoms with Crippen molar-refractivity contribution in [1.82, 2.24) is 15.3 Å². The minimum atomic E-state index is 0.447. The molecule has 0 aromatic carbocycles. The zero-order valence-electron chi connectivity index (χ0n) is 13.1. The summed E-state index contributed by atoms with van der Waals surface area (Å²) in [6, 6.07) is 0.447. The second-order valence-corrected chi connectivity index (χ2v) is 7.64. The maximum atomic E-state index is 4.88. The number of hydrogen-bond donors (Lipinski definition) is 1. The molecule has 0 spiro atoms. The first-order valence-electron chi connectivity index (χ1n) is 8.50. The molecule has 0 radical (unpaired) electrons. The molecule has 3 rings (SSSR count). The molecule has 3 nitrogen and oxygen atoms in total. The van der Waals surface area contributed by atoms with Crippen LogP contribution < -0.4 is 5.32 Å². The van der Waals surface area contributed by atoms with Gasteiger partial charge in [0.2, 0.25) is 0 Å². The molecule has 0 amide bonds. The van der Waals surface area contributed by atoms with Crippen molar-refractivity contribution >= 4 is 11.8 Å². The fourth-order valence-corrected chi connectivity index (χ4v) is 4.74. The summed E-state index contributed by atoms with van der Waals surface area (Å²) in [6.07, 6.45) is 14.0. The van der Waals surface area contributed by atoms with E-state index in [9.17, 15) is 0 Å². The van der Waals surface area contributed by atoms with Gasteiger partial charge in [-0.3, -0.25) is 0 Å². The van der Waals surface area contributed by atoms with Crippen molar-refractivity contribution < 1.29 is 0 Å². The molecule has 1 unspecified atom stereocenters. The van der Waals surface area contributed by atoms with Gasteiger partial charge in [0.25, 0.3) is 0 Å². The highest BCUT2D eigenvalue weighted by molar-refractivity contribution is 7.99. The third kappa shape index (κ3) is 3.98. The molecule has 0 saturated heterocycles. The summed E-state index contributed by atoms with van der Waals surface area (Å²) in [5.74, 6) is 2.03. The van der Waals surface area contributed by atoms with Gasteiger partial charge in [0.1, 0.15) is 5.82 Å². The van der Waals surface area contributed by atoms with E-state index in [-0.39, 0.29) is 0 Å². The first-order chi connectivity index (χ1) is 10.4. The van der Waals surface area contributed by atoms with E-state index in [2.05, 4.69) is 28.3 Å². The zero-order valence-corrected chi connectivity index (χ0v) is 13.9. The van der Waals surface area contributed by atoms with Gasteiger partial charge < -0.3 is 5.32 Å². The Bertz CT molecular complexity index is 457. The topological polar surface area (TPSA) is 37.8 Å². The van der Waals surface area contributed by atoms with E-state index < -0.39 is 0 Å². The van der Waals surface area contributed by atoms with Crippen LogP contribution in [0.2, 0.25) is 0 Å². The largest absolute Gasteiger partial charge is 0.313 e. The van der Waals surface area contributed by atoms with Crippen molar-refractivity contribution in [3.63, 3.8) is 0 Å². The fourth-order valence-electron chi connectivity index (χ4n) is 3.55. The van der Waals surface area contributed by atoms with Crippen molar-refractivity contribution in [1.29, 1.82) is 0 Å². The molecule has 1 saturated carbocycles. The SMILES string of the molecule is CNC1CCCCc2nc(CSC3CCCCC3)ncc21. The maximum Gasteiger partial charge on any atom is 0.138 e. The first-order valence-corrected chi connectivity index (χ1v) is 9.55. The minimum Gasteiger partial charge on any atom is -0.313 e. The lowest BCUT2D eigenvalue weighted by Gasteiger charge is -2.21. The number of fused-ring (bicyclic) bond motifs is 1. The molecule has 1 N–H and O–H groups in total. The lowest BCUT2D eigenvalue weighted by Crippen LogP contribution is -2.18. The molecule has 1 aromatic rings. The maximum absolute atomic E-state index is 4.88. The van der Waals surface area contributed by atoms with Gasteiger partial charge in [0, 0.05) is 28.7 Å². The van der Waals surface area contributed by atoms with Crippen molar-refractivity contribution in [2.45, 2.75) is 74.8 Å². The average Bonchev–Trinajstić information content (AvgIpc) is 2.75. The summed E-state index contributed by atoms with van der Waals surface area (Å²) >= 11 is 2.07. The monoisotopic (exact) mass is 305 g/mol. The van der Waals surface area contributed by atoms with Crippen LogP contribution in [0.25, 0.3) is 0 Å². The number of hydrogen-bond acceptors (Lipinski definition) is 4. The highest BCUT2D eigenvalue weighted by atomic mass is 32.2. The molecule has 0 aliphatic heterocycles. The van der Waals surface area contributed by atoms with Crippen molar-refractivity contribution in [3.8, 4) is 0 Å². The van der Waals surface area contributed by atoms with Gasteiger partial charge >= 0.3 is 0 Å². The summed E-state index contributed by atoms with van der Waals surface area (Å²) < 4.78 is 0. The number of nitrogens with zero attached hydrogens (tertiary/aromatic N) is 2. The lowest BCUT2D eigenvalue weighted by atomic mass is 10.0. The van der Waals surface area contributed by atoms with E-state index in [1.54, 1.807) is 0 Å². The van der Waals surface area contributed by atoms with Crippen LogP contribution in [0.5, 0.6) is 0 Å². The van der Waals surface area contributed by atoms with Gasteiger partial charge in [-0.05, 0) is 39.2 Å². The highest BCUT2D eigenvalue weighted by Gasteiger charge is 2.20. The van der Waals surface area contributed by atoms with Gasteiger partial charge in [-0.15, -0.1) is 0 Å². The van der Waals surface area contributed by atoms with E-state index in [1.165, 1.54) is 62.6 Å². The number of aromatic nitrogens is 2. The van der Waals surface area contributed by atoms with Crippen LogP contribution >= 0.6 is 11.8 Å². The summed E-state index contributed by atoms with van der Waals surface area (Å²) in [7, 11) is 2.05. The van der Waals surface area contributed by atoms with Crippen LogP contribution in [0.15, 0.2) is 6.20 Å². The van der Waals surface area contributed by atoms with Gasteiger partial charge in [-0.25, -0.2) is 9.97 Å². The van der Waals surface area contributed by atoms with Crippen LogP contribution in [0.3, 0.4) is 0 Å². The second-order valence-electron chi connectivity index (χ2n) is 6.35. The molecule has 1 aromatic heterocycles. The van der Waals surface area contributed by atoms with E-state index in [0.29, 0.717) is 6.04 Å². The molecule has 1 fully saturated rings. The third-order valence-corrected chi connectivity index (χ3v) is 6.20. The molecule has 1 atom stereocenters. The van der Waals surface area contributed by atoms with E-state index in [0.717, 1.165) is 23.2 Å². The minimum absolute atomic E-state index is 0.447. The van der Waals surface area contributed by atoms with Crippen molar-refractivity contribution in [2.24, 2.45) is 0 Å². The number of thioether (sulfide) groups is 1. The molecule has 2 aliphatic carbocycles. The Hall–Kier alpha value is -0.610. The van der Waals surface area contributed by atoms with Crippen LogP contribution in [0, 0.1) is 0 Å². The smallest absolute Gasteiger partial charge is 0.138 e. The number of rotatable bonds is 4. The Balaban J connectivity index is 1.65. The molecular formula is C17H27N3S. The molecule has 4 heteroatoms. The molecule has 2 aliphatic rings. The van der Waals surface area contributed by atoms with Gasteiger partial charge in [0.15, 0.2) is 0 Å². The molecule has 21 heavy (non-hydrogen) atoms. The lowest BCUT2D eigenvalue weighted by molar-refractivity contribution is 0.516. The third-order valence-electron chi connectivity index (χ3n) is 4.83. The summed E-state index contributed by atoms with van der Waals surface area (Å²) in [5, 5.41) is 4.26. The first kappa shape index (κ1) is 15.3. The Morgan fingerprint density at radius 2 is 1.95 bits per heavy atom. The standard InChI is InChI=1S/C17H27N3S/c1-18-15-9-5-6-10-16-14(15)11-19-17(20-16)12-21-13-7-3-2-4-8-13/h11,13,15,18H,2-10,12H2,1H3. The summed E-state index contributed by atoms with van der Waals surface area (Å²) in [4.78, 5) is 9.53. The predicted molar refractivity (Wildman–Crippen MR) is 89.6 cm³/mol. The van der Waals surface area contributed by atoms with Gasteiger partial charge in [-0.1, -0.05) is 25.7 Å². The van der Waals surface area contributed by atoms with Gasteiger partial charge in [-0.2, -0.15) is 11.8 Å². The van der Waals surface area contributed by atoms with Gasteiger partial charge in [0.05, 0.1) is 5.75 Å². The van der Waals surface area contributed by atoms with Crippen molar-refractivity contribution in [3.05, 3.63) is 23.3 Å². The van der Waals surface area contributed by atoms with Crippen LogP contribution in [0.1, 0.15) is 74.5 Å². The Labute approximate surface area is 132 Å². The predicted octanol–water partition coefficient (Wildman–Crippen LogP) is 4.03. The Morgan fingerprint density at radius 3 is 2.76 bits per heavy atom. The van der Waals surface area contributed by atoms with Crippen LogP contribution in [-0.2, 0) is 12.2 Å². The highest BCUT2D eigenvalue weighted by Crippen LogP contribution is 2.31. The Kier molecular flexibility index (Phi) is 5.53. The van der Waals surface area contributed by atoms with Crippen LogP contribution in [0.4, 0.5) is 0 Å². The molecular weight excluding hydrogens is 278 g/mol. The van der Waals surface area contributed by atoms with E-state index >= 15 is 0 Å². The molecule has 0 bridgehead atoms. The average molecular weight is 305 g/mol. The second kappa shape index (κ2) is 7.59. The van der Waals surface area contributed by atoms with E-state index in [4.69, 9.17) is 4.98 Å². The Morgan fingerprint density at radius 1 is 1.14 bits per heavy atom. The number of nitrogens with one attached hydrogen (secondary N) is 1. The van der Waals surface area contributed by atoms with Crippen molar-refractivity contribution in [2.75, 3.05) is 7.05 Å². The number of aryl methyl sites for hydroxylation is 1. The molecule has 116 valence electrons.